The largest absolute Gasteiger partial charge is 0.444 e. The lowest BCUT2D eigenvalue weighted by Crippen LogP contribution is -2.62. The van der Waals surface area contributed by atoms with E-state index >= 15 is 4.39 Å². The molecule has 0 aliphatic carbocycles. The highest BCUT2D eigenvalue weighted by Gasteiger charge is 2.51. The molecule has 2 saturated heterocycles. The molecule has 46 heavy (non-hydrogen) atoms. The van der Waals surface area contributed by atoms with Crippen LogP contribution in [-0.4, -0.2) is 70.4 Å². The number of hydrogen-bond acceptors (Lipinski definition) is 8. The summed E-state index contributed by atoms with van der Waals surface area (Å²) in [5, 5.41) is 0.796. The second kappa shape index (κ2) is 10.6. The Labute approximate surface area is 265 Å². The van der Waals surface area contributed by atoms with Gasteiger partial charge < -0.3 is 9.64 Å². The van der Waals surface area contributed by atoms with Crippen molar-refractivity contribution in [1.29, 1.82) is 0 Å². The van der Waals surface area contributed by atoms with E-state index in [9.17, 15) is 17.6 Å². The number of fused-ring (bicyclic) bond motifs is 6. The van der Waals surface area contributed by atoms with Crippen molar-refractivity contribution in [3.63, 3.8) is 0 Å². The number of aryl methyl sites for hydroxylation is 1. The first-order valence-electron chi connectivity index (χ1n) is 15.4. The number of piperazine rings is 1. The first kappa shape index (κ1) is 30.3. The van der Waals surface area contributed by atoms with Gasteiger partial charge in [0.2, 0.25) is 15.0 Å². The summed E-state index contributed by atoms with van der Waals surface area (Å²) in [5.41, 5.74) is -0.193. The zero-order chi connectivity index (χ0) is 32.7. The molecule has 0 radical (unpaired) electrons. The summed E-state index contributed by atoms with van der Waals surface area (Å²) in [6.07, 6.45) is 7.73. The lowest BCUT2D eigenvalue weighted by atomic mass is 9.95. The molecule has 5 heterocycles. The molecular formula is C34H33F2N5O4S. The fraction of sp³-hybridized carbons (Fsp3) is 0.412. The average molecular weight is 646 g/mol. The first-order valence-corrected chi connectivity index (χ1v) is 17.1. The van der Waals surface area contributed by atoms with E-state index in [1.54, 1.807) is 24.3 Å². The third-order valence-electron chi connectivity index (χ3n) is 9.22. The topological polar surface area (TPSA) is 106 Å². The molecule has 1 amide bonds. The van der Waals surface area contributed by atoms with Gasteiger partial charge in [0.15, 0.2) is 5.82 Å². The molecular weight excluding hydrogens is 612 g/mol. The summed E-state index contributed by atoms with van der Waals surface area (Å²) in [6.45, 7) is 7.33. The summed E-state index contributed by atoms with van der Waals surface area (Å²) < 4.78 is 64.0. The van der Waals surface area contributed by atoms with E-state index in [1.807, 2.05) is 30.6 Å². The van der Waals surface area contributed by atoms with E-state index in [1.165, 1.54) is 13.0 Å². The van der Waals surface area contributed by atoms with Crippen molar-refractivity contribution in [3.05, 3.63) is 53.2 Å². The highest BCUT2D eigenvalue weighted by Crippen LogP contribution is 2.45. The SMILES string of the molecule is C#Cc1c(F)ccc2cccc(-c3nc4c5c(nc(S(=O)(=O)CC)nc5c3F)N3C[C@H]5CC[C@@H]([C@H]3CC4)N5C(=O)OC(C)(C)C)c12. The monoisotopic (exact) mass is 645 g/mol. The van der Waals surface area contributed by atoms with E-state index in [2.05, 4.69) is 15.9 Å². The van der Waals surface area contributed by atoms with Crippen LogP contribution in [0.25, 0.3) is 32.9 Å². The van der Waals surface area contributed by atoms with Gasteiger partial charge >= 0.3 is 6.09 Å². The van der Waals surface area contributed by atoms with E-state index in [4.69, 9.17) is 16.1 Å². The van der Waals surface area contributed by atoms with Crippen molar-refractivity contribution in [2.24, 2.45) is 0 Å². The summed E-state index contributed by atoms with van der Waals surface area (Å²) in [7, 11) is -3.96. The molecule has 2 fully saturated rings. The second-order valence-electron chi connectivity index (χ2n) is 13.1. The highest BCUT2D eigenvalue weighted by atomic mass is 32.2. The maximum atomic E-state index is 16.9. The number of pyridine rings is 1. The zero-order valence-corrected chi connectivity index (χ0v) is 26.8. The normalized spacial score (nSPS) is 20.8. The fourth-order valence-corrected chi connectivity index (χ4v) is 7.96. The average Bonchev–Trinajstić information content (AvgIpc) is 3.25. The molecule has 3 atom stereocenters. The number of amides is 1. The Balaban J connectivity index is 1.46. The number of carbonyl (C=O) groups excluding carboxylic acids is 1. The summed E-state index contributed by atoms with van der Waals surface area (Å²) in [6, 6.07) is 7.26. The second-order valence-corrected chi connectivity index (χ2v) is 15.3. The van der Waals surface area contributed by atoms with Crippen LogP contribution in [0.4, 0.5) is 19.4 Å². The van der Waals surface area contributed by atoms with E-state index < -0.39 is 32.2 Å². The molecule has 4 aromatic rings. The number of halogens is 2. The third kappa shape index (κ3) is 4.66. The Morgan fingerprint density at radius 2 is 1.85 bits per heavy atom. The number of terminal acetylenes is 1. The van der Waals surface area contributed by atoms with Crippen LogP contribution in [0.3, 0.4) is 0 Å². The van der Waals surface area contributed by atoms with Gasteiger partial charge in [0.05, 0.1) is 40.5 Å². The molecule has 7 rings (SSSR count). The molecule has 0 saturated carbocycles. The number of sulfone groups is 1. The van der Waals surface area contributed by atoms with Gasteiger partial charge in [-0.25, -0.2) is 36.9 Å². The van der Waals surface area contributed by atoms with Gasteiger partial charge in [-0.3, -0.25) is 4.90 Å². The number of benzene rings is 2. The summed E-state index contributed by atoms with van der Waals surface area (Å²) in [5.74, 6) is 0.947. The maximum Gasteiger partial charge on any atom is 0.410 e. The van der Waals surface area contributed by atoms with Gasteiger partial charge in [0.1, 0.15) is 28.4 Å². The van der Waals surface area contributed by atoms with Crippen LogP contribution in [0.15, 0.2) is 35.5 Å². The standard InChI is InChI=1S/C34H33F2N5O4S/c1-6-20-22(35)13-11-18-9-8-10-21(26(18)20)29-28(36)30-27-23(37-29)14-16-24-25-15-12-19(41(25)33(42)45-34(3,4)5)17-40(24)31(27)39-32(38-30)46(43,44)7-2/h1,8-11,13,19,24-25H,7,12,14-17H2,2-5H3/t19-,24-,25+/m1/s1. The van der Waals surface area contributed by atoms with Crippen LogP contribution < -0.4 is 4.90 Å². The van der Waals surface area contributed by atoms with E-state index in [0.29, 0.717) is 47.1 Å². The smallest absolute Gasteiger partial charge is 0.410 e. The lowest BCUT2D eigenvalue weighted by molar-refractivity contribution is 0.00722. The number of nitrogens with zero attached hydrogens (tertiary/aromatic N) is 5. The van der Waals surface area contributed by atoms with Gasteiger partial charge in [-0.1, -0.05) is 37.1 Å². The predicted molar refractivity (Wildman–Crippen MR) is 170 cm³/mol. The molecule has 2 aromatic heterocycles. The van der Waals surface area contributed by atoms with E-state index in [0.717, 1.165) is 12.8 Å². The van der Waals surface area contributed by atoms with E-state index in [-0.39, 0.29) is 52.3 Å². The molecule has 2 bridgehead atoms. The highest BCUT2D eigenvalue weighted by molar-refractivity contribution is 7.91. The van der Waals surface area contributed by atoms with Crippen LogP contribution in [0, 0.1) is 24.0 Å². The molecule has 3 aliphatic heterocycles. The molecule has 3 aliphatic rings. The molecule has 238 valence electrons. The summed E-state index contributed by atoms with van der Waals surface area (Å²) in [4.78, 5) is 30.9. The Bertz CT molecular complexity index is 2110. The van der Waals surface area contributed by atoms with Crippen LogP contribution in [0.2, 0.25) is 0 Å². The number of ether oxygens (including phenoxy) is 1. The maximum absolute atomic E-state index is 16.9. The Hall–Kier alpha value is -4.37. The van der Waals surface area contributed by atoms with Crippen molar-refractivity contribution in [2.75, 3.05) is 17.2 Å². The van der Waals surface area contributed by atoms with Crippen molar-refractivity contribution < 1.29 is 26.7 Å². The van der Waals surface area contributed by atoms with Gasteiger partial charge in [0, 0.05) is 17.5 Å². The molecule has 12 heteroatoms. The number of carbonyl (C=O) groups is 1. The number of aromatic nitrogens is 3. The Morgan fingerprint density at radius 1 is 1.07 bits per heavy atom. The molecule has 0 spiro atoms. The number of anilines is 1. The Kier molecular flexibility index (Phi) is 6.97. The van der Waals surface area contributed by atoms with Crippen molar-refractivity contribution in [1.82, 2.24) is 19.9 Å². The molecule has 9 nitrogen and oxygen atoms in total. The van der Waals surface area contributed by atoms with Crippen LogP contribution in [-0.2, 0) is 21.0 Å². The number of rotatable bonds is 3. The predicted octanol–water partition coefficient (Wildman–Crippen LogP) is 5.80. The third-order valence-corrected chi connectivity index (χ3v) is 10.7. The molecule has 0 N–H and O–H groups in total. The minimum atomic E-state index is -3.96. The van der Waals surface area contributed by atoms with Crippen molar-refractivity contribution in [3.8, 4) is 23.6 Å². The molecule has 0 unspecified atom stereocenters. The summed E-state index contributed by atoms with van der Waals surface area (Å²) >= 11 is 0. The minimum absolute atomic E-state index is 0.0201. The van der Waals surface area contributed by atoms with Crippen LogP contribution in [0.5, 0.6) is 0 Å². The number of hydrogen-bond donors (Lipinski definition) is 0. The minimum Gasteiger partial charge on any atom is -0.444 e. The lowest BCUT2D eigenvalue weighted by Gasteiger charge is -2.47. The van der Waals surface area contributed by atoms with Gasteiger partial charge in [-0.2, -0.15) is 0 Å². The zero-order valence-electron chi connectivity index (χ0n) is 26.0. The van der Waals surface area contributed by atoms with Gasteiger partial charge in [-0.05, 0) is 57.9 Å². The fourth-order valence-electron chi connectivity index (χ4n) is 7.25. The van der Waals surface area contributed by atoms with Crippen LogP contribution >= 0.6 is 0 Å². The Morgan fingerprint density at radius 3 is 2.57 bits per heavy atom. The van der Waals surface area contributed by atoms with Crippen molar-refractivity contribution in [2.45, 2.75) is 82.3 Å². The quantitative estimate of drug-likeness (QED) is 0.203. The molecule has 2 aromatic carbocycles. The van der Waals surface area contributed by atoms with Gasteiger partial charge in [-0.15, -0.1) is 6.42 Å². The first-order chi connectivity index (χ1) is 21.8. The van der Waals surface area contributed by atoms with Gasteiger partial charge in [0.25, 0.3) is 0 Å². The van der Waals surface area contributed by atoms with Crippen LogP contribution in [0.1, 0.15) is 58.2 Å². The van der Waals surface area contributed by atoms with Crippen molar-refractivity contribution >= 4 is 43.4 Å².